The van der Waals surface area contributed by atoms with Crippen LogP contribution in [0.2, 0.25) is 0 Å². The molecule has 0 spiro atoms. The Balaban J connectivity index is 2.13. The first-order valence-corrected chi connectivity index (χ1v) is 6.65. The number of nitrogen functional groups attached to an aromatic ring is 1. The number of hydrogen-bond acceptors (Lipinski definition) is 5. The first-order chi connectivity index (χ1) is 8.49. The topological polar surface area (TPSA) is 103 Å². The molecule has 0 bridgehead atoms. The molecule has 0 saturated heterocycles. The SMILES string of the molecule is Cn1ccnc1CNS(=O)(=O)c1ccc(N)nc1. The van der Waals surface area contributed by atoms with Crippen LogP contribution in [-0.2, 0) is 23.6 Å². The lowest BCUT2D eigenvalue weighted by Crippen LogP contribution is -2.24. The number of rotatable bonds is 4. The van der Waals surface area contributed by atoms with Crippen LogP contribution in [0.3, 0.4) is 0 Å². The van der Waals surface area contributed by atoms with Gasteiger partial charge < -0.3 is 10.3 Å². The zero-order valence-corrected chi connectivity index (χ0v) is 10.6. The van der Waals surface area contributed by atoms with Crippen LogP contribution >= 0.6 is 0 Å². The molecule has 0 aliphatic carbocycles. The summed E-state index contributed by atoms with van der Waals surface area (Å²) in [7, 11) is -1.80. The van der Waals surface area contributed by atoms with Crippen LogP contribution in [0, 0.1) is 0 Å². The summed E-state index contributed by atoms with van der Waals surface area (Å²) in [5.41, 5.74) is 5.40. The van der Waals surface area contributed by atoms with Gasteiger partial charge in [0.15, 0.2) is 0 Å². The fraction of sp³-hybridized carbons (Fsp3) is 0.200. The second-order valence-electron chi connectivity index (χ2n) is 3.70. The van der Waals surface area contributed by atoms with Crippen LogP contribution in [0.25, 0.3) is 0 Å². The molecule has 0 aliphatic rings. The maximum absolute atomic E-state index is 11.9. The van der Waals surface area contributed by atoms with Crippen molar-refractivity contribution < 1.29 is 8.42 Å². The second kappa shape index (κ2) is 4.75. The van der Waals surface area contributed by atoms with Gasteiger partial charge in [-0.3, -0.25) is 0 Å². The van der Waals surface area contributed by atoms with E-state index in [2.05, 4.69) is 14.7 Å². The zero-order valence-electron chi connectivity index (χ0n) is 9.74. The van der Waals surface area contributed by atoms with E-state index < -0.39 is 10.0 Å². The van der Waals surface area contributed by atoms with Crippen molar-refractivity contribution in [1.29, 1.82) is 0 Å². The molecule has 0 radical (unpaired) electrons. The number of anilines is 1. The Bertz CT molecular complexity index is 633. The van der Waals surface area contributed by atoms with Gasteiger partial charge in [0.25, 0.3) is 0 Å². The van der Waals surface area contributed by atoms with Gasteiger partial charge in [-0.25, -0.2) is 23.1 Å². The monoisotopic (exact) mass is 267 g/mol. The summed E-state index contributed by atoms with van der Waals surface area (Å²) in [5, 5.41) is 0. The molecular weight excluding hydrogens is 254 g/mol. The van der Waals surface area contributed by atoms with E-state index in [1.54, 1.807) is 24.0 Å². The molecule has 3 N–H and O–H groups in total. The van der Waals surface area contributed by atoms with Gasteiger partial charge in [0.2, 0.25) is 10.0 Å². The highest BCUT2D eigenvalue weighted by Gasteiger charge is 2.14. The minimum Gasteiger partial charge on any atom is -0.384 e. The van der Waals surface area contributed by atoms with E-state index in [1.165, 1.54) is 18.3 Å². The fourth-order valence-corrected chi connectivity index (χ4v) is 2.28. The van der Waals surface area contributed by atoms with E-state index in [-0.39, 0.29) is 17.3 Å². The van der Waals surface area contributed by atoms with Crippen molar-refractivity contribution in [2.45, 2.75) is 11.4 Å². The first-order valence-electron chi connectivity index (χ1n) is 5.16. The minimum atomic E-state index is -3.59. The van der Waals surface area contributed by atoms with Gasteiger partial charge in [-0.15, -0.1) is 0 Å². The highest BCUT2D eigenvalue weighted by atomic mass is 32.2. The predicted octanol–water partition coefficient (Wildman–Crippen LogP) is -0.124. The highest BCUT2D eigenvalue weighted by Crippen LogP contribution is 2.09. The third-order valence-electron chi connectivity index (χ3n) is 2.41. The van der Waals surface area contributed by atoms with Crippen molar-refractivity contribution in [3.05, 3.63) is 36.5 Å². The molecule has 7 nitrogen and oxygen atoms in total. The van der Waals surface area contributed by atoms with Crippen molar-refractivity contribution in [3.8, 4) is 0 Å². The molecule has 8 heteroatoms. The lowest BCUT2D eigenvalue weighted by Gasteiger charge is -2.06. The van der Waals surface area contributed by atoms with E-state index in [9.17, 15) is 8.42 Å². The van der Waals surface area contributed by atoms with Crippen LogP contribution in [-0.4, -0.2) is 23.0 Å². The number of aromatic nitrogens is 3. The lowest BCUT2D eigenvalue weighted by atomic mass is 10.5. The van der Waals surface area contributed by atoms with Gasteiger partial charge in [0.1, 0.15) is 16.5 Å². The molecule has 2 heterocycles. The normalized spacial score (nSPS) is 11.6. The number of imidazole rings is 1. The average Bonchev–Trinajstić information content (AvgIpc) is 2.73. The van der Waals surface area contributed by atoms with Crippen molar-refractivity contribution >= 4 is 15.8 Å². The summed E-state index contributed by atoms with van der Waals surface area (Å²) < 4.78 is 28.0. The number of nitrogens with zero attached hydrogens (tertiary/aromatic N) is 3. The van der Waals surface area contributed by atoms with Gasteiger partial charge >= 0.3 is 0 Å². The largest absolute Gasteiger partial charge is 0.384 e. The summed E-state index contributed by atoms with van der Waals surface area (Å²) in [6.07, 6.45) is 4.57. The minimum absolute atomic E-state index is 0.0749. The van der Waals surface area contributed by atoms with Crippen LogP contribution in [0.5, 0.6) is 0 Å². The average molecular weight is 267 g/mol. The van der Waals surface area contributed by atoms with E-state index in [4.69, 9.17) is 5.73 Å². The van der Waals surface area contributed by atoms with Crippen LogP contribution in [0.1, 0.15) is 5.82 Å². The van der Waals surface area contributed by atoms with Crippen molar-refractivity contribution in [3.63, 3.8) is 0 Å². The molecule has 0 aromatic carbocycles. The van der Waals surface area contributed by atoms with Gasteiger partial charge in [0, 0.05) is 25.6 Å². The molecular formula is C10H13N5O2S. The molecule has 0 saturated carbocycles. The molecule has 0 aliphatic heterocycles. The van der Waals surface area contributed by atoms with Crippen molar-refractivity contribution in [2.75, 3.05) is 5.73 Å². The van der Waals surface area contributed by atoms with E-state index in [1.807, 2.05) is 0 Å². The third-order valence-corrected chi connectivity index (χ3v) is 3.80. The summed E-state index contributed by atoms with van der Waals surface area (Å²) in [5.74, 6) is 0.903. The van der Waals surface area contributed by atoms with Gasteiger partial charge in [0.05, 0.1) is 6.54 Å². The number of hydrogen-bond donors (Lipinski definition) is 2. The molecule has 2 rings (SSSR count). The quantitative estimate of drug-likeness (QED) is 0.803. The van der Waals surface area contributed by atoms with Gasteiger partial charge in [-0.1, -0.05) is 0 Å². The molecule has 0 fully saturated rings. The fourth-order valence-electron chi connectivity index (χ4n) is 1.36. The Morgan fingerprint density at radius 1 is 1.39 bits per heavy atom. The number of pyridine rings is 1. The maximum Gasteiger partial charge on any atom is 0.242 e. The summed E-state index contributed by atoms with van der Waals surface area (Å²) in [4.78, 5) is 7.85. The van der Waals surface area contributed by atoms with Crippen LogP contribution < -0.4 is 10.5 Å². The Kier molecular flexibility index (Phi) is 3.30. The molecule has 18 heavy (non-hydrogen) atoms. The zero-order chi connectivity index (χ0) is 13.2. The van der Waals surface area contributed by atoms with Crippen molar-refractivity contribution in [2.24, 2.45) is 7.05 Å². The Morgan fingerprint density at radius 2 is 2.17 bits per heavy atom. The van der Waals surface area contributed by atoms with Gasteiger partial charge in [-0.2, -0.15) is 0 Å². The number of nitrogens with two attached hydrogens (primary N) is 1. The summed E-state index contributed by atoms with van der Waals surface area (Å²) in [6, 6.07) is 2.85. The van der Waals surface area contributed by atoms with Crippen LogP contribution in [0.4, 0.5) is 5.82 Å². The van der Waals surface area contributed by atoms with Crippen LogP contribution in [0.15, 0.2) is 35.6 Å². The smallest absolute Gasteiger partial charge is 0.242 e. The standard InChI is InChI=1S/C10H13N5O2S/c1-15-5-4-12-10(15)7-14-18(16,17)8-2-3-9(11)13-6-8/h2-6,14H,7H2,1H3,(H2,11,13). The Hall–Kier alpha value is -1.93. The number of nitrogens with one attached hydrogen (secondary N) is 1. The maximum atomic E-state index is 11.9. The summed E-state index contributed by atoms with van der Waals surface area (Å²) in [6.45, 7) is 0.121. The predicted molar refractivity (Wildman–Crippen MR) is 65.9 cm³/mol. The number of sulfonamides is 1. The van der Waals surface area contributed by atoms with Gasteiger partial charge in [-0.05, 0) is 12.1 Å². The Labute approximate surface area is 105 Å². The third kappa shape index (κ3) is 2.66. The Morgan fingerprint density at radius 3 is 2.72 bits per heavy atom. The van der Waals surface area contributed by atoms with E-state index in [0.29, 0.717) is 5.82 Å². The molecule has 0 atom stereocenters. The molecule has 2 aromatic heterocycles. The van der Waals surface area contributed by atoms with E-state index in [0.717, 1.165) is 0 Å². The highest BCUT2D eigenvalue weighted by molar-refractivity contribution is 7.89. The molecule has 96 valence electrons. The van der Waals surface area contributed by atoms with E-state index >= 15 is 0 Å². The molecule has 2 aromatic rings. The summed E-state index contributed by atoms with van der Waals surface area (Å²) >= 11 is 0. The number of aryl methyl sites for hydroxylation is 1. The molecule has 0 amide bonds. The molecule has 0 unspecified atom stereocenters. The second-order valence-corrected chi connectivity index (χ2v) is 5.46. The lowest BCUT2D eigenvalue weighted by molar-refractivity contribution is 0.577. The first kappa shape index (κ1) is 12.5. The van der Waals surface area contributed by atoms with Crippen molar-refractivity contribution in [1.82, 2.24) is 19.3 Å².